The van der Waals surface area contributed by atoms with Gasteiger partial charge in [-0.1, -0.05) is 24.5 Å². The molecule has 0 unspecified atom stereocenters. The van der Waals surface area contributed by atoms with Gasteiger partial charge in [-0.25, -0.2) is 0 Å². The highest BCUT2D eigenvalue weighted by Gasteiger charge is 2.37. The minimum absolute atomic E-state index is 0.0513. The van der Waals surface area contributed by atoms with E-state index in [1.807, 2.05) is 11.8 Å². The Morgan fingerprint density at radius 3 is 2.50 bits per heavy atom. The van der Waals surface area contributed by atoms with E-state index in [9.17, 15) is 4.79 Å². The molecule has 110 valence electrons. The molecule has 3 rings (SSSR count). The Balaban J connectivity index is 1.61. The van der Waals surface area contributed by atoms with E-state index in [0.29, 0.717) is 11.1 Å². The Labute approximate surface area is 120 Å². The highest BCUT2D eigenvalue weighted by molar-refractivity contribution is 5.92. The summed E-state index contributed by atoms with van der Waals surface area (Å²) in [6.45, 7) is 4.52. The third kappa shape index (κ3) is 2.58. The normalized spacial score (nSPS) is 22.1. The largest absolute Gasteiger partial charge is 0.337 e. The quantitative estimate of drug-likeness (QED) is 0.834. The molecule has 2 heterocycles. The molecule has 2 aliphatic rings. The van der Waals surface area contributed by atoms with Gasteiger partial charge in [0.2, 0.25) is 0 Å². The van der Waals surface area contributed by atoms with E-state index in [4.69, 9.17) is 0 Å². The maximum Gasteiger partial charge on any atom is 0.276 e. The zero-order chi connectivity index (χ0) is 14.0. The number of piperidine rings is 1. The van der Waals surface area contributed by atoms with Crippen LogP contribution in [-0.4, -0.2) is 38.9 Å². The number of rotatable bonds is 2. The van der Waals surface area contributed by atoms with Crippen LogP contribution in [0.25, 0.3) is 0 Å². The van der Waals surface area contributed by atoms with Crippen LogP contribution in [-0.2, 0) is 6.54 Å². The van der Waals surface area contributed by atoms with Gasteiger partial charge < -0.3 is 4.90 Å². The van der Waals surface area contributed by atoms with E-state index in [-0.39, 0.29) is 5.91 Å². The van der Waals surface area contributed by atoms with Crippen LogP contribution in [0.4, 0.5) is 0 Å². The van der Waals surface area contributed by atoms with Crippen molar-refractivity contribution in [1.29, 1.82) is 0 Å². The average molecular weight is 276 g/mol. The van der Waals surface area contributed by atoms with Crippen molar-refractivity contribution in [1.82, 2.24) is 19.9 Å². The third-order valence-corrected chi connectivity index (χ3v) is 5.11. The standard InChI is InChI=1S/C15H24N4O/c1-2-19-12-13(16-17-19)14(20)18-10-8-15(9-11-18)6-4-3-5-7-15/h12H,2-11H2,1H3. The van der Waals surface area contributed by atoms with Crippen LogP contribution in [0.2, 0.25) is 0 Å². The number of aryl methyl sites for hydroxylation is 1. The second-order valence-corrected chi connectivity index (χ2v) is 6.31. The molecule has 0 bridgehead atoms. The molecule has 0 N–H and O–H groups in total. The summed E-state index contributed by atoms with van der Waals surface area (Å²) in [6, 6.07) is 0. The van der Waals surface area contributed by atoms with Gasteiger partial charge in [-0.15, -0.1) is 5.10 Å². The molecule has 0 radical (unpaired) electrons. The van der Waals surface area contributed by atoms with Crippen LogP contribution >= 0.6 is 0 Å². The topological polar surface area (TPSA) is 51.0 Å². The van der Waals surface area contributed by atoms with E-state index in [0.717, 1.165) is 19.6 Å². The van der Waals surface area contributed by atoms with Crippen LogP contribution < -0.4 is 0 Å². The van der Waals surface area contributed by atoms with E-state index in [1.54, 1.807) is 10.9 Å². The first-order valence-electron chi connectivity index (χ1n) is 7.92. The van der Waals surface area contributed by atoms with Gasteiger partial charge in [0.1, 0.15) is 0 Å². The Kier molecular flexibility index (Phi) is 3.76. The highest BCUT2D eigenvalue weighted by Crippen LogP contribution is 2.44. The Hall–Kier alpha value is -1.39. The lowest BCUT2D eigenvalue weighted by Gasteiger charge is -2.44. The molecule has 1 aliphatic carbocycles. The van der Waals surface area contributed by atoms with Crippen LogP contribution in [0.5, 0.6) is 0 Å². The number of hydrogen-bond acceptors (Lipinski definition) is 3. The van der Waals surface area contributed by atoms with E-state index < -0.39 is 0 Å². The van der Waals surface area contributed by atoms with Gasteiger partial charge in [0.15, 0.2) is 5.69 Å². The van der Waals surface area contributed by atoms with E-state index in [1.165, 1.54) is 44.9 Å². The fraction of sp³-hybridized carbons (Fsp3) is 0.800. The van der Waals surface area contributed by atoms with E-state index in [2.05, 4.69) is 10.3 Å². The first-order chi connectivity index (χ1) is 9.72. The van der Waals surface area contributed by atoms with Gasteiger partial charge in [-0.3, -0.25) is 9.48 Å². The van der Waals surface area contributed by atoms with Gasteiger partial charge in [-0.2, -0.15) is 0 Å². The number of hydrogen-bond donors (Lipinski definition) is 0. The lowest BCUT2D eigenvalue weighted by molar-refractivity contribution is 0.0467. The average Bonchev–Trinajstić information content (AvgIpc) is 2.97. The van der Waals surface area contributed by atoms with E-state index >= 15 is 0 Å². The SMILES string of the molecule is CCn1cc(C(=O)N2CCC3(CCCCC3)CC2)nn1. The summed E-state index contributed by atoms with van der Waals surface area (Å²) in [5.74, 6) is 0.0513. The lowest BCUT2D eigenvalue weighted by Crippen LogP contribution is -2.44. The summed E-state index contributed by atoms with van der Waals surface area (Å²) in [6.07, 6.45) is 11.0. The summed E-state index contributed by atoms with van der Waals surface area (Å²) < 4.78 is 1.71. The van der Waals surface area contributed by atoms with Gasteiger partial charge in [-0.05, 0) is 38.0 Å². The molecule has 1 amide bonds. The van der Waals surface area contributed by atoms with Crippen molar-refractivity contribution in [3.05, 3.63) is 11.9 Å². The van der Waals surface area contributed by atoms with Gasteiger partial charge in [0.25, 0.3) is 5.91 Å². The number of carbonyl (C=O) groups is 1. The van der Waals surface area contributed by atoms with Gasteiger partial charge in [0, 0.05) is 19.6 Å². The van der Waals surface area contributed by atoms with Crippen LogP contribution in [0.15, 0.2) is 6.20 Å². The zero-order valence-electron chi connectivity index (χ0n) is 12.3. The second-order valence-electron chi connectivity index (χ2n) is 6.31. The molecule has 1 spiro atoms. The molecule has 1 aromatic heterocycles. The molecule has 1 saturated carbocycles. The van der Waals surface area contributed by atoms with Crippen molar-refractivity contribution in [2.45, 2.75) is 58.4 Å². The maximum atomic E-state index is 12.4. The van der Waals surface area contributed by atoms with Crippen LogP contribution in [0.1, 0.15) is 62.4 Å². The number of amides is 1. The third-order valence-electron chi connectivity index (χ3n) is 5.11. The van der Waals surface area contributed by atoms with Crippen molar-refractivity contribution < 1.29 is 4.79 Å². The summed E-state index contributed by atoms with van der Waals surface area (Å²) in [4.78, 5) is 14.4. The Morgan fingerprint density at radius 2 is 1.90 bits per heavy atom. The fourth-order valence-corrected chi connectivity index (χ4v) is 3.70. The molecular formula is C15H24N4O. The maximum absolute atomic E-state index is 12.4. The van der Waals surface area contributed by atoms with Crippen LogP contribution in [0.3, 0.4) is 0 Å². The Bertz CT molecular complexity index is 466. The number of carbonyl (C=O) groups excluding carboxylic acids is 1. The molecule has 0 aromatic carbocycles. The van der Waals surface area contributed by atoms with Crippen molar-refractivity contribution in [3.8, 4) is 0 Å². The Morgan fingerprint density at radius 1 is 1.20 bits per heavy atom. The zero-order valence-corrected chi connectivity index (χ0v) is 12.3. The van der Waals surface area contributed by atoms with Crippen molar-refractivity contribution >= 4 is 5.91 Å². The fourth-order valence-electron chi connectivity index (χ4n) is 3.70. The summed E-state index contributed by atoms with van der Waals surface area (Å²) in [5, 5.41) is 7.94. The molecule has 5 heteroatoms. The molecule has 1 aromatic rings. The van der Waals surface area contributed by atoms with Crippen molar-refractivity contribution in [2.75, 3.05) is 13.1 Å². The monoisotopic (exact) mass is 276 g/mol. The number of aromatic nitrogens is 3. The minimum Gasteiger partial charge on any atom is -0.337 e. The van der Waals surface area contributed by atoms with Gasteiger partial charge >= 0.3 is 0 Å². The molecule has 0 atom stereocenters. The van der Waals surface area contributed by atoms with Gasteiger partial charge in [0.05, 0.1) is 6.20 Å². The number of nitrogens with zero attached hydrogens (tertiary/aromatic N) is 4. The summed E-state index contributed by atoms with van der Waals surface area (Å²) in [7, 11) is 0. The molecule has 1 saturated heterocycles. The lowest BCUT2D eigenvalue weighted by atomic mass is 9.68. The molecule has 1 aliphatic heterocycles. The number of likely N-dealkylation sites (tertiary alicyclic amines) is 1. The second kappa shape index (κ2) is 5.54. The summed E-state index contributed by atoms with van der Waals surface area (Å²) in [5.41, 5.74) is 1.03. The molecule has 20 heavy (non-hydrogen) atoms. The first-order valence-corrected chi connectivity index (χ1v) is 7.92. The molecule has 2 fully saturated rings. The predicted molar refractivity (Wildman–Crippen MR) is 76.4 cm³/mol. The van der Waals surface area contributed by atoms with Crippen LogP contribution in [0, 0.1) is 5.41 Å². The van der Waals surface area contributed by atoms with Crippen molar-refractivity contribution in [2.24, 2.45) is 5.41 Å². The molecular weight excluding hydrogens is 252 g/mol. The van der Waals surface area contributed by atoms with Crippen molar-refractivity contribution in [3.63, 3.8) is 0 Å². The predicted octanol–water partition coefficient (Wildman–Crippen LogP) is 2.48. The highest BCUT2D eigenvalue weighted by atomic mass is 16.2. The first kappa shape index (κ1) is 13.6. The summed E-state index contributed by atoms with van der Waals surface area (Å²) >= 11 is 0. The minimum atomic E-state index is 0.0513. The molecule has 5 nitrogen and oxygen atoms in total. The smallest absolute Gasteiger partial charge is 0.276 e.